The van der Waals surface area contributed by atoms with Gasteiger partial charge < -0.3 is 20.4 Å². The first-order chi connectivity index (χ1) is 16.6. The van der Waals surface area contributed by atoms with E-state index in [4.69, 9.17) is 4.74 Å². The van der Waals surface area contributed by atoms with Crippen molar-refractivity contribution in [2.45, 2.75) is 51.5 Å². The van der Waals surface area contributed by atoms with Crippen LogP contribution in [0.1, 0.15) is 60.1 Å². The zero-order valence-corrected chi connectivity index (χ0v) is 18.9. The van der Waals surface area contributed by atoms with Gasteiger partial charge in [-0.15, -0.1) is 0 Å². The third kappa shape index (κ3) is 4.78. The molecule has 3 N–H and O–H groups in total. The van der Waals surface area contributed by atoms with Crippen molar-refractivity contribution in [3.63, 3.8) is 0 Å². The third-order valence-electron chi connectivity index (χ3n) is 6.56. The van der Waals surface area contributed by atoms with Crippen LogP contribution >= 0.6 is 0 Å². The zero-order chi connectivity index (χ0) is 23.5. The lowest BCUT2D eigenvalue weighted by atomic mass is 10.0. The van der Waals surface area contributed by atoms with Crippen LogP contribution in [-0.2, 0) is 22.6 Å². The van der Waals surface area contributed by atoms with Crippen molar-refractivity contribution < 1.29 is 19.1 Å². The van der Waals surface area contributed by atoms with E-state index in [0.29, 0.717) is 41.2 Å². The fourth-order valence-corrected chi connectivity index (χ4v) is 4.76. The molecule has 34 heavy (non-hydrogen) atoms. The van der Waals surface area contributed by atoms with Crippen molar-refractivity contribution in [2.75, 3.05) is 11.9 Å². The highest BCUT2D eigenvalue weighted by Crippen LogP contribution is 2.29. The van der Waals surface area contributed by atoms with E-state index in [-0.39, 0.29) is 36.4 Å². The molecule has 9 nitrogen and oxygen atoms in total. The summed E-state index contributed by atoms with van der Waals surface area (Å²) in [7, 11) is 0. The maximum absolute atomic E-state index is 12.9. The third-order valence-corrected chi connectivity index (χ3v) is 6.56. The number of aromatic amines is 1. The summed E-state index contributed by atoms with van der Waals surface area (Å²) in [5.41, 5.74) is 3.40. The minimum absolute atomic E-state index is 0.0326. The van der Waals surface area contributed by atoms with Gasteiger partial charge in [-0.25, -0.2) is 9.97 Å². The molecule has 2 aromatic heterocycles. The van der Waals surface area contributed by atoms with Crippen LogP contribution in [0.4, 0.5) is 5.69 Å². The normalized spacial score (nSPS) is 15.7. The number of anilines is 1. The minimum atomic E-state index is -0.363. The smallest absolute Gasteiger partial charge is 0.272 e. The molecule has 1 aliphatic heterocycles. The molecule has 176 valence electrons. The first-order valence-corrected chi connectivity index (χ1v) is 11.7. The second kappa shape index (κ2) is 9.62. The van der Waals surface area contributed by atoms with Crippen LogP contribution in [0.2, 0.25) is 0 Å². The van der Waals surface area contributed by atoms with E-state index in [9.17, 15) is 14.4 Å². The Bertz CT molecular complexity index is 1250. The lowest BCUT2D eigenvalue weighted by molar-refractivity contribution is -0.121. The van der Waals surface area contributed by atoms with Gasteiger partial charge >= 0.3 is 0 Å². The van der Waals surface area contributed by atoms with Crippen molar-refractivity contribution in [2.24, 2.45) is 5.92 Å². The summed E-state index contributed by atoms with van der Waals surface area (Å²) in [6.45, 7) is 0.378. The van der Waals surface area contributed by atoms with E-state index in [1.54, 1.807) is 6.20 Å². The summed E-state index contributed by atoms with van der Waals surface area (Å²) in [6, 6.07) is 5.55. The number of carbonyl (C=O) groups is 3. The van der Waals surface area contributed by atoms with Crippen LogP contribution in [-0.4, -0.2) is 39.2 Å². The molecule has 0 saturated heterocycles. The van der Waals surface area contributed by atoms with Gasteiger partial charge in [0.1, 0.15) is 24.2 Å². The molecule has 1 fully saturated rings. The first-order valence-electron chi connectivity index (χ1n) is 11.7. The molecule has 3 aromatic rings. The molecular weight excluding hydrogens is 434 g/mol. The topological polar surface area (TPSA) is 126 Å². The van der Waals surface area contributed by atoms with Crippen molar-refractivity contribution >= 4 is 34.3 Å². The molecule has 2 aliphatic rings. The first kappa shape index (κ1) is 22.1. The molecule has 5 rings (SSSR count). The molecule has 1 aliphatic carbocycles. The van der Waals surface area contributed by atoms with Gasteiger partial charge in [0.15, 0.2) is 11.5 Å². The molecule has 1 saturated carbocycles. The Morgan fingerprint density at radius 1 is 1.18 bits per heavy atom. The van der Waals surface area contributed by atoms with E-state index in [1.165, 1.54) is 32.0 Å². The van der Waals surface area contributed by atoms with Crippen LogP contribution in [0, 0.1) is 5.92 Å². The van der Waals surface area contributed by atoms with E-state index < -0.39 is 0 Å². The Morgan fingerprint density at radius 3 is 2.88 bits per heavy atom. The predicted octanol–water partition coefficient (Wildman–Crippen LogP) is 3.30. The largest absolute Gasteiger partial charge is 0.486 e. The predicted molar refractivity (Wildman–Crippen MR) is 126 cm³/mol. The van der Waals surface area contributed by atoms with Crippen molar-refractivity contribution in [3.05, 3.63) is 47.5 Å². The summed E-state index contributed by atoms with van der Waals surface area (Å²) in [6.07, 6.45) is 9.63. The fraction of sp³-hybridized carbons (Fsp3) is 0.400. The van der Waals surface area contributed by atoms with Gasteiger partial charge in [0.05, 0.1) is 11.2 Å². The standard InChI is InChI=1S/C25H27N5O4/c31-18-10-17-9-16(5-7-20(17)34-13-18)11-27-25(33)24-23-22(28-14-29-24)19(12-26-23)30-21(32)8-6-15-3-1-2-4-15/h5,7,9,12,14-15,26H,1-4,6,8,10-11,13H2,(H,27,33)(H,30,32). The number of Topliss-reactive ketones (excluding diaryl/α,β-unsaturated/α-hetero) is 1. The molecule has 0 bridgehead atoms. The molecule has 9 heteroatoms. The van der Waals surface area contributed by atoms with Gasteiger partial charge in [-0.1, -0.05) is 31.7 Å². The number of hydrogen-bond acceptors (Lipinski definition) is 6. The van der Waals surface area contributed by atoms with Crippen LogP contribution in [0.3, 0.4) is 0 Å². The van der Waals surface area contributed by atoms with Crippen molar-refractivity contribution in [3.8, 4) is 5.75 Å². The van der Waals surface area contributed by atoms with Crippen LogP contribution in [0.25, 0.3) is 11.0 Å². The van der Waals surface area contributed by atoms with Gasteiger partial charge in [-0.3, -0.25) is 14.4 Å². The maximum Gasteiger partial charge on any atom is 0.272 e. The highest BCUT2D eigenvalue weighted by atomic mass is 16.5. The van der Waals surface area contributed by atoms with Crippen molar-refractivity contribution in [1.82, 2.24) is 20.3 Å². The van der Waals surface area contributed by atoms with Gasteiger partial charge in [-0.2, -0.15) is 0 Å². The average Bonchev–Trinajstić information content (AvgIpc) is 3.51. The van der Waals surface area contributed by atoms with E-state index in [0.717, 1.165) is 17.5 Å². The molecule has 0 spiro atoms. The number of nitrogens with one attached hydrogen (secondary N) is 3. The van der Waals surface area contributed by atoms with E-state index in [2.05, 4.69) is 25.6 Å². The van der Waals surface area contributed by atoms with Crippen molar-refractivity contribution in [1.29, 1.82) is 0 Å². The number of benzene rings is 1. The summed E-state index contributed by atoms with van der Waals surface area (Å²) < 4.78 is 5.42. The number of hydrogen-bond donors (Lipinski definition) is 3. The minimum Gasteiger partial charge on any atom is -0.486 e. The van der Waals surface area contributed by atoms with Crippen LogP contribution < -0.4 is 15.4 Å². The number of ether oxygens (including phenoxy) is 1. The Hall–Kier alpha value is -3.75. The molecule has 0 radical (unpaired) electrons. The quantitative estimate of drug-likeness (QED) is 0.496. The van der Waals surface area contributed by atoms with Gasteiger partial charge in [0.25, 0.3) is 5.91 Å². The number of fused-ring (bicyclic) bond motifs is 2. The fourth-order valence-electron chi connectivity index (χ4n) is 4.76. The Morgan fingerprint density at radius 2 is 2.03 bits per heavy atom. The van der Waals surface area contributed by atoms with E-state index >= 15 is 0 Å². The molecule has 0 unspecified atom stereocenters. The molecule has 3 heterocycles. The average molecular weight is 462 g/mol. The van der Waals surface area contributed by atoms with Gasteiger partial charge in [-0.05, 0) is 30.0 Å². The summed E-state index contributed by atoms with van der Waals surface area (Å²) in [5.74, 6) is 0.974. The molecular formula is C25H27N5O4. The summed E-state index contributed by atoms with van der Waals surface area (Å²) in [4.78, 5) is 48.4. The zero-order valence-electron chi connectivity index (χ0n) is 18.9. The lowest BCUT2D eigenvalue weighted by Crippen LogP contribution is -2.25. The summed E-state index contributed by atoms with van der Waals surface area (Å²) in [5, 5.41) is 5.78. The number of rotatable bonds is 7. The molecule has 2 amide bonds. The lowest BCUT2D eigenvalue weighted by Gasteiger charge is -2.17. The van der Waals surface area contributed by atoms with Crippen LogP contribution in [0.5, 0.6) is 5.75 Å². The molecule has 0 atom stereocenters. The maximum atomic E-state index is 12.9. The Labute approximate surface area is 196 Å². The second-order valence-corrected chi connectivity index (χ2v) is 9.01. The Kier molecular flexibility index (Phi) is 6.24. The van der Waals surface area contributed by atoms with Crippen LogP contribution in [0.15, 0.2) is 30.7 Å². The molecule has 1 aromatic carbocycles. The van der Waals surface area contributed by atoms with Gasteiger partial charge in [0.2, 0.25) is 5.91 Å². The number of ketones is 1. The monoisotopic (exact) mass is 461 g/mol. The second-order valence-electron chi connectivity index (χ2n) is 9.01. The van der Waals surface area contributed by atoms with Gasteiger partial charge in [0, 0.05) is 31.1 Å². The summed E-state index contributed by atoms with van der Waals surface area (Å²) >= 11 is 0. The number of H-pyrrole nitrogens is 1. The number of aromatic nitrogens is 3. The van der Waals surface area contributed by atoms with E-state index in [1.807, 2.05) is 18.2 Å². The highest BCUT2D eigenvalue weighted by molar-refractivity contribution is 6.07. The number of amides is 2. The Balaban J connectivity index is 1.23. The highest BCUT2D eigenvalue weighted by Gasteiger charge is 2.20. The SMILES string of the molecule is O=C1COc2ccc(CNC(=O)c3ncnc4c(NC(=O)CCC5CCCC5)c[nH]c34)cc2C1. The number of nitrogens with zero attached hydrogens (tertiary/aromatic N) is 2. The number of carbonyl (C=O) groups excluding carboxylic acids is 3.